The molecule has 1 aliphatic rings. The smallest absolute Gasteiger partial charge is 0.251 e. The third-order valence-corrected chi connectivity index (χ3v) is 7.14. The normalized spacial score (nSPS) is 15.5. The Kier molecular flexibility index (Phi) is 6.82. The molecule has 4 rings (SSSR count). The second-order valence-corrected chi connectivity index (χ2v) is 9.37. The molecule has 1 aromatic carbocycles. The van der Waals surface area contributed by atoms with Crippen LogP contribution in [0.2, 0.25) is 0 Å². The maximum Gasteiger partial charge on any atom is 0.251 e. The highest BCUT2D eigenvalue weighted by Gasteiger charge is 2.19. The van der Waals surface area contributed by atoms with Gasteiger partial charge in [-0.05, 0) is 63.0 Å². The summed E-state index contributed by atoms with van der Waals surface area (Å²) >= 11 is 1.82. The molecule has 3 aromatic rings. The van der Waals surface area contributed by atoms with Crippen LogP contribution < -0.4 is 10.9 Å². The summed E-state index contributed by atoms with van der Waals surface area (Å²) in [4.78, 5) is 20.1. The lowest BCUT2D eigenvalue weighted by Crippen LogP contribution is -2.41. The number of hydrogen-bond acceptors (Lipinski definition) is 4. The molecule has 0 aliphatic carbocycles. The van der Waals surface area contributed by atoms with Crippen LogP contribution in [0.15, 0.2) is 53.3 Å². The highest BCUT2D eigenvalue weighted by Crippen LogP contribution is 2.30. The fourth-order valence-corrected chi connectivity index (χ4v) is 5.22. The first-order chi connectivity index (χ1) is 14.6. The number of aromatic nitrogens is 1. The second kappa shape index (κ2) is 9.73. The molecule has 158 valence electrons. The van der Waals surface area contributed by atoms with Crippen molar-refractivity contribution >= 4 is 11.3 Å². The lowest BCUT2D eigenvalue weighted by molar-refractivity contribution is 0.190. The number of aromatic amines is 1. The van der Waals surface area contributed by atoms with E-state index in [1.165, 1.54) is 28.2 Å². The van der Waals surface area contributed by atoms with Crippen molar-refractivity contribution < 1.29 is 0 Å². The van der Waals surface area contributed by atoms with Crippen molar-refractivity contribution in [2.75, 3.05) is 13.1 Å². The van der Waals surface area contributed by atoms with Gasteiger partial charge in [0.05, 0.1) is 0 Å². The maximum atomic E-state index is 12.0. The summed E-state index contributed by atoms with van der Waals surface area (Å²) < 4.78 is 0. The topological polar surface area (TPSA) is 48.1 Å². The van der Waals surface area contributed by atoms with Crippen LogP contribution in [0.4, 0.5) is 0 Å². The number of pyridine rings is 1. The summed E-state index contributed by atoms with van der Waals surface area (Å²) in [6.07, 6.45) is 3.15. The van der Waals surface area contributed by atoms with Gasteiger partial charge in [-0.15, -0.1) is 11.3 Å². The number of nitrogens with zero attached hydrogens (tertiary/aromatic N) is 1. The first-order valence-electron chi connectivity index (χ1n) is 10.9. The molecule has 5 heteroatoms. The van der Waals surface area contributed by atoms with Crippen molar-refractivity contribution in [1.82, 2.24) is 15.2 Å². The van der Waals surface area contributed by atoms with Gasteiger partial charge in [-0.1, -0.05) is 37.3 Å². The Balaban J connectivity index is 1.30. The van der Waals surface area contributed by atoms with E-state index in [-0.39, 0.29) is 5.56 Å². The number of likely N-dealkylation sites (tertiary alicyclic amines) is 1. The van der Waals surface area contributed by atoms with Gasteiger partial charge in [-0.25, -0.2) is 0 Å². The average molecular weight is 422 g/mol. The van der Waals surface area contributed by atoms with Crippen molar-refractivity contribution in [1.29, 1.82) is 0 Å². The molecule has 0 amide bonds. The van der Waals surface area contributed by atoms with Crippen LogP contribution in [0.5, 0.6) is 0 Å². The molecule has 2 N–H and O–H groups in total. The Hall–Kier alpha value is -2.21. The predicted molar refractivity (Wildman–Crippen MR) is 126 cm³/mol. The molecule has 0 atom stereocenters. The van der Waals surface area contributed by atoms with Gasteiger partial charge in [0, 0.05) is 45.7 Å². The Morgan fingerprint density at radius 1 is 1.13 bits per heavy atom. The first kappa shape index (κ1) is 21.0. The fourth-order valence-electron chi connectivity index (χ4n) is 4.18. The number of aryl methyl sites for hydroxylation is 2. The van der Waals surface area contributed by atoms with E-state index < -0.39 is 0 Å². The van der Waals surface area contributed by atoms with Gasteiger partial charge in [0.1, 0.15) is 0 Å². The van der Waals surface area contributed by atoms with Gasteiger partial charge < -0.3 is 10.3 Å². The zero-order valence-corrected chi connectivity index (χ0v) is 18.7. The minimum absolute atomic E-state index is 0.0378. The van der Waals surface area contributed by atoms with Crippen LogP contribution >= 0.6 is 11.3 Å². The van der Waals surface area contributed by atoms with Crippen LogP contribution in [0.1, 0.15) is 41.5 Å². The van der Waals surface area contributed by atoms with Crippen LogP contribution in [0, 0.1) is 6.92 Å². The first-order valence-corrected chi connectivity index (χ1v) is 11.8. The SMILES string of the molecule is CCc1cc(-c2ccc(CNC3CCN(Cc4ccccc4)CC3)s2)c(C)[nH]c1=O. The van der Waals surface area contributed by atoms with Gasteiger partial charge in [0.15, 0.2) is 0 Å². The lowest BCUT2D eigenvalue weighted by Gasteiger charge is -2.32. The third kappa shape index (κ3) is 5.09. The Morgan fingerprint density at radius 2 is 1.90 bits per heavy atom. The molecule has 4 nitrogen and oxygen atoms in total. The summed E-state index contributed by atoms with van der Waals surface area (Å²) in [5.74, 6) is 0. The molecular weight excluding hydrogens is 390 g/mol. The van der Waals surface area contributed by atoms with Crippen molar-refractivity contribution in [3.8, 4) is 10.4 Å². The van der Waals surface area contributed by atoms with E-state index in [0.717, 1.165) is 49.4 Å². The van der Waals surface area contributed by atoms with Crippen molar-refractivity contribution in [3.63, 3.8) is 0 Å². The minimum Gasteiger partial charge on any atom is -0.326 e. The Morgan fingerprint density at radius 3 is 2.63 bits per heavy atom. The zero-order valence-electron chi connectivity index (χ0n) is 17.9. The summed E-state index contributed by atoms with van der Waals surface area (Å²) in [6, 6.07) is 17.8. The number of rotatable bonds is 7. The van der Waals surface area contributed by atoms with Gasteiger partial charge >= 0.3 is 0 Å². The summed E-state index contributed by atoms with van der Waals surface area (Å²) in [6.45, 7) is 8.28. The largest absolute Gasteiger partial charge is 0.326 e. The van der Waals surface area contributed by atoms with Gasteiger partial charge in [-0.2, -0.15) is 0 Å². The van der Waals surface area contributed by atoms with Gasteiger partial charge in [-0.3, -0.25) is 9.69 Å². The van der Waals surface area contributed by atoms with E-state index in [9.17, 15) is 4.79 Å². The number of thiophene rings is 1. The molecule has 1 aliphatic heterocycles. The van der Waals surface area contributed by atoms with Gasteiger partial charge in [0.2, 0.25) is 0 Å². The highest BCUT2D eigenvalue weighted by atomic mass is 32.1. The van der Waals surface area contributed by atoms with Crippen LogP contribution in [-0.2, 0) is 19.5 Å². The number of hydrogen-bond donors (Lipinski definition) is 2. The molecule has 2 aromatic heterocycles. The predicted octanol–water partition coefficient (Wildman–Crippen LogP) is 4.73. The van der Waals surface area contributed by atoms with E-state index in [4.69, 9.17) is 0 Å². The molecule has 0 bridgehead atoms. The lowest BCUT2D eigenvalue weighted by atomic mass is 10.0. The van der Waals surface area contributed by atoms with Crippen LogP contribution in [0.3, 0.4) is 0 Å². The quantitative estimate of drug-likeness (QED) is 0.580. The second-order valence-electron chi connectivity index (χ2n) is 8.20. The Labute approximate surface area is 183 Å². The summed E-state index contributed by atoms with van der Waals surface area (Å²) in [5, 5.41) is 3.76. The van der Waals surface area contributed by atoms with Crippen LogP contribution in [-0.4, -0.2) is 29.0 Å². The number of H-pyrrole nitrogens is 1. The summed E-state index contributed by atoms with van der Waals surface area (Å²) in [5.41, 5.74) is 4.39. The van der Waals surface area contributed by atoms with Crippen molar-refractivity contribution in [2.24, 2.45) is 0 Å². The number of nitrogens with one attached hydrogen (secondary N) is 2. The van der Waals surface area contributed by atoms with Crippen molar-refractivity contribution in [2.45, 2.75) is 52.2 Å². The van der Waals surface area contributed by atoms with E-state index in [1.807, 2.05) is 25.2 Å². The van der Waals surface area contributed by atoms with Crippen LogP contribution in [0.25, 0.3) is 10.4 Å². The molecule has 1 saturated heterocycles. The van der Waals surface area contributed by atoms with Crippen molar-refractivity contribution in [3.05, 3.63) is 80.6 Å². The van der Waals surface area contributed by atoms with E-state index in [0.29, 0.717) is 6.04 Å². The molecule has 1 fully saturated rings. The van der Waals surface area contributed by atoms with E-state index in [2.05, 4.69) is 63.7 Å². The fraction of sp³-hybridized carbons (Fsp3) is 0.400. The molecule has 0 spiro atoms. The monoisotopic (exact) mass is 421 g/mol. The highest BCUT2D eigenvalue weighted by molar-refractivity contribution is 7.15. The molecular formula is C25H31N3OS. The minimum atomic E-state index is 0.0378. The molecule has 30 heavy (non-hydrogen) atoms. The molecule has 0 radical (unpaired) electrons. The number of piperidine rings is 1. The Bertz CT molecular complexity index is 1020. The summed E-state index contributed by atoms with van der Waals surface area (Å²) in [7, 11) is 0. The number of benzene rings is 1. The van der Waals surface area contributed by atoms with E-state index in [1.54, 1.807) is 0 Å². The standard InChI is InChI=1S/C25H31N3OS/c1-3-20-15-23(18(2)27-25(20)29)24-10-9-22(30-24)16-26-21-11-13-28(14-12-21)17-19-7-5-4-6-8-19/h4-10,15,21,26H,3,11-14,16-17H2,1-2H3,(H,27,29). The molecule has 0 unspecified atom stereocenters. The van der Waals surface area contributed by atoms with E-state index >= 15 is 0 Å². The molecule has 0 saturated carbocycles. The maximum absolute atomic E-state index is 12.0. The zero-order chi connectivity index (χ0) is 20.9. The third-order valence-electron chi connectivity index (χ3n) is 6.02. The van der Waals surface area contributed by atoms with Gasteiger partial charge in [0.25, 0.3) is 5.56 Å². The average Bonchev–Trinajstić information content (AvgIpc) is 3.23. The molecule has 3 heterocycles.